The topological polar surface area (TPSA) is 115 Å². The molecule has 3 rings (SSSR count). The third-order valence-corrected chi connectivity index (χ3v) is 4.69. The van der Waals surface area contributed by atoms with Crippen molar-refractivity contribution in [2.75, 3.05) is 6.61 Å². The lowest BCUT2D eigenvalue weighted by molar-refractivity contribution is -0.117. The van der Waals surface area contributed by atoms with Crippen molar-refractivity contribution in [1.82, 2.24) is 10.6 Å². The van der Waals surface area contributed by atoms with Gasteiger partial charge in [0.15, 0.2) is 12.3 Å². The maximum atomic E-state index is 13.8. The predicted molar refractivity (Wildman–Crippen MR) is 92.6 cm³/mol. The number of aliphatic hydroxyl groups is 2. The molecule has 146 valence electrons. The van der Waals surface area contributed by atoms with E-state index in [1.807, 2.05) is 6.07 Å². The molecule has 7 nitrogen and oxygen atoms in total. The summed E-state index contributed by atoms with van der Waals surface area (Å²) >= 11 is 0. The zero-order chi connectivity index (χ0) is 19.6. The predicted octanol–water partition coefficient (Wildman–Crippen LogP) is 0.699. The summed E-state index contributed by atoms with van der Waals surface area (Å²) in [7, 11) is 0. The number of halogens is 2. The average Bonchev–Trinajstić information content (AvgIpc) is 3.18. The van der Waals surface area contributed by atoms with Crippen LogP contribution in [0.15, 0.2) is 30.5 Å². The van der Waals surface area contributed by atoms with Crippen LogP contribution in [0.5, 0.6) is 0 Å². The molecule has 1 saturated heterocycles. The zero-order valence-corrected chi connectivity index (χ0v) is 14.4. The minimum absolute atomic E-state index is 0.298. The van der Waals surface area contributed by atoms with Gasteiger partial charge in [0.05, 0.1) is 6.61 Å². The summed E-state index contributed by atoms with van der Waals surface area (Å²) in [4.78, 5) is 12.2. The number of ether oxygens (including phenoxy) is 1. The Bertz CT molecular complexity index is 769. The molecule has 1 fully saturated rings. The molecule has 0 radical (unpaired) electrons. The lowest BCUT2D eigenvalue weighted by Gasteiger charge is -2.19. The van der Waals surface area contributed by atoms with Gasteiger partial charge in [-0.1, -0.05) is 6.07 Å². The van der Waals surface area contributed by atoms with Gasteiger partial charge in [0.25, 0.3) is 5.91 Å². The van der Waals surface area contributed by atoms with Crippen molar-refractivity contribution in [2.24, 2.45) is 0 Å². The first kappa shape index (κ1) is 19.4. The Kier molecular flexibility index (Phi) is 5.54. The van der Waals surface area contributed by atoms with Crippen LogP contribution >= 0.6 is 0 Å². The minimum atomic E-state index is -3.60. The van der Waals surface area contributed by atoms with Gasteiger partial charge in [-0.15, -0.1) is 0 Å². The highest BCUT2D eigenvalue weighted by molar-refractivity contribution is 6.09. The number of alkyl halides is 2. The number of aryl methyl sites for hydroxylation is 2. The first-order valence-electron chi connectivity index (χ1n) is 8.59. The molecule has 2 unspecified atom stereocenters. The van der Waals surface area contributed by atoms with Crippen molar-refractivity contribution in [1.29, 1.82) is 5.41 Å². The van der Waals surface area contributed by atoms with E-state index >= 15 is 0 Å². The molecular formula is C18H21F2N3O4. The van der Waals surface area contributed by atoms with Crippen molar-refractivity contribution >= 4 is 11.7 Å². The van der Waals surface area contributed by atoms with E-state index in [4.69, 9.17) is 15.3 Å². The molecule has 2 aliphatic rings. The van der Waals surface area contributed by atoms with Crippen LogP contribution in [0.25, 0.3) is 0 Å². The first-order valence-corrected chi connectivity index (χ1v) is 8.59. The van der Waals surface area contributed by atoms with E-state index in [0.29, 0.717) is 5.56 Å². The molecule has 5 N–H and O–H groups in total. The lowest BCUT2D eigenvalue weighted by atomic mass is 10.1. The Morgan fingerprint density at radius 1 is 1.37 bits per heavy atom. The number of nitrogens with one attached hydrogen (secondary N) is 3. The molecule has 27 heavy (non-hydrogen) atoms. The van der Waals surface area contributed by atoms with Gasteiger partial charge in [0, 0.05) is 11.8 Å². The van der Waals surface area contributed by atoms with Gasteiger partial charge in [-0.05, 0) is 48.6 Å². The van der Waals surface area contributed by atoms with E-state index in [1.54, 1.807) is 12.1 Å². The number of fused-ring (bicyclic) bond motifs is 1. The van der Waals surface area contributed by atoms with E-state index in [1.165, 1.54) is 5.56 Å². The van der Waals surface area contributed by atoms with Crippen LogP contribution < -0.4 is 10.6 Å². The molecule has 1 aliphatic heterocycles. The molecule has 1 amide bonds. The average molecular weight is 381 g/mol. The molecule has 9 heteroatoms. The van der Waals surface area contributed by atoms with Crippen LogP contribution in [-0.4, -0.2) is 52.9 Å². The SMILES string of the molecule is N=C(/C=C\NC1OC(CO)[C@@H](O)C1(F)F)NC(=O)c1ccc2c(c1)CCC2. The Morgan fingerprint density at radius 3 is 2.81 bits per heavy atom. The highest BCUT2D eigenvalue weighted by Crippen LogP contribution is 2.34. The van der Waals surface area contributed by atoms with Gasteiger partial charge in [0.1, 0.15) is 11.9 Å². The number of benzene rings is 1. The van der Waals surface area contributed by atoms with Gasteiger partial charge < -0.3 is 25.6 Å². The monoisotopic (exact) mass is 381 g/mol. The Hall–Kier alpha value is -2.36. The number of carbonyl (C=O) groups excluding carboxylic acids is 1. The summed E-state index contributed by atoms with van der Waals surface area (Å²) in [6, 6.07) is 5.40. The summed E-state index contributed by atoms with van der Waals surface area (Å²) in [5.74, 6) is -4.36. The number of hydrogen-bond acceptors (Lipinski definition) is 6. The third kappa shape index (κ3) is 4.00. The van der Waals surface area contributed by atoms with Gasteiger partial charge in [-0.2, -0.15) is 8.78 Å². The molecule has 0 aromatic heterocycles. The van der Waals surface area contributed by atoms with Crippen LogP contribution in [-0.2, 0) is 17.6 Å². The summed E-state index contributed by atoms with van der Waals surface area (Å²) in [5.41, 5.74) is 2.79. The largest absolute Gasteiger partial charge is 0.394 e. The fourth-order valence-corrected chi connectivity index (χ4v) is 3.20. The maximum absolute atomic E-state index is 13.8. The van der Waals surface area contributed by atoms with Gasteiger partial charge >= 0.3 is 5.92 Å². The van der Waals surface area contributed by atoms with E-state index in [-0.39, 0.29) is 5.84 Å². The molecule has 1 aliphatic carbocycles. The van der Waals surface area contributed by atoms with Gasteiger partial charge in [-0.3, -0.25) is 10.2 Å². The molecular weight excluding hydrogens is 360 g/mol. The Morgan fingerprint density at radius 2 is 2.11 bits per heavy atom. The van der Waals surface area contributed by atoms with Crippen molar-refractivity contribution in [3.8, 4) is 0 Å². The van der Waals surface area contributed by atoms with Crippen molar-refractivity contribution in [3.63, 3.8) is 0 Å². The quantitative estimate of drug-likeness (QED) is 0.381. The number of amidine groups is 1. The highest BCUT2D eigenvalue weighted by atomic mass is 19.3. The highest BCUT2D eigenvalue weighted by Gasteiger charge is 2.58. The lowest BCUT2D eigenvalue weighted by Crippen LogP contribution is -2.45. The van der Waals surface area contributed by atoms with Crippen LogP contribution in [0.4, 0.5) is 8.78 Å². The van der Waals surface area contributed by atoms with Crippen molar-refractivity contribution in [3.05, 3.63) is 47.2 Å². The van der Waals surface area contributed by atoms with E-state index in [9.17, 15) is 18.7 Å². The number of hydrogen-bond donors (Lipinski definition) is 5. The molecule has 1 aromatic rings. The van der Waals surface area contributed by atoms with Gasteiger partial charge in [0.2, 0.25) is 0 Å². The number of carbonyl (C=O) groups is 1. The maximum Gasteiger partial charge on any atom is 0.319 e. The molecule has 0 saturated carbocycles. The minimum Gasteiger partial charge on any atom is -0.394 e. The molecule has 1 aromatic carbocycles. The number of amides is 1. The normalized spacial score (nSPS) is 26.1. The summed E-state index contributed by atoms with van der Waals surface area (Å²) < 4.78 is 32.4. The molecule has 0 spiro atoms. The van der Waals surface area contributed by atoms with E-state index in [0.717, 1.165) is 37.1 Å². The van der Waals surface area contributed by atoms with E-state index in [2.05, 4.69) is 10.6 Å². The fourth-order valence-electron chi connectivity index (χ4n) is 3.20. The second kappa shape index (κ2) is 7.71. The van der Waals surface area contributed by atoms with Crippen molar-refractivity contribution < 1.29 is 28.5 Å². The zero-order valence-electron chi connectivity index (χ0n) is 14.4. The molecule has 3 atom stereocenters. The Labute approximate surface area is 154 Å². The third-order valence-electron chi connectivity index (χ3n) is 4.69. The first-order chi connectivity index (χ1) is 12.8. The van der Waals surface area contributed by atoms with Crippen LogP contribution in [0.1, 0.15) is 27.9 Å². The second-order valence-corrected chi connectivity index (χ2v) is 6.56. The molecule has 1 heterocycles. The van der Waals surface area contributed by atoms with Crippen LogP contribution in [0, 0.1) is 5.41 Å². The van der Waals surface area contributed by atoms with Gasteiger partial charge in [-0.25, -0.2) is 0 Å². The summed E-state index contributed by atoms with van der Waals surface area (Å²) in [6.07, 6.45) is -0.280. The number of aliphatic hydroxyl groups excluding tert-OH is 2. The fraction of sp³-hybridized carbons (Fsp3) is 0.444. The smallest absolute Gasteiger partial charge is 0.319 e. The summed E-state index contributed by atoms with van der Waals surface area (Å²) in [6.45, 7) is -0.745. The van der Waals surface area contributed by atoms with Crippen LogP contribution in [0.3, 0.4) is 0 Å². The second-order valence-electron chi connectivity index (χ2n) is 6.56. The van der Waals surface area contributed by atoms with Crippen LogP contribution in [0.2, 0.25) is 0 Å². The summed E-state index contributed by atoms with van der Waals surface area (Å²) in [5, 5.41) is 30.7. The van der Waals surface area contributed by atoms with E-state index < -0.39 is 36.9 Å². The molecule has 0 bridgehead atoms. The number of rotatable bonds is 5. The Balaban J connectivity index is 1.54. The standard InChI is InChI=1S/C18H21F2N3O4/c19-18(20)15(25)13(9-24)27-17(18)22-7-6-14(21)23-16(26)12-5-4-10-2-1-3-11(10)8-12/h4-8,13,15,17,22,24-25H,1-3,9H2,(H2,21,23,26)/b7-6-/t13?,15-,17?/m1/s1. The van der Waals surface area contributed by atoms with Crippen molar-refractivity contribution in [2.45, 2.75) is 43.6 Å².